The van der Waals surface area contributed by atoms with Gasteiger partial charge in [0.1, 0.15) is 22.3 Å². The van der Waals surface area contributed by atoms with Crippen molar-refractivity contribution in [3.05, 3.63) is 46.5 Å². The van der Waals surface area contributed by atoms with Crippen molar-refractivity contribution < 1.29 is 18.4 Å². The van der Waals surface area contributed by atoms with Gasteiger partial charge < -0.3 is 10.6 Å². The lowest BCUT2D eigenvalue weighted by atomic mass is 9.79. The molecule has 0 saturated carbocycles. The maximum Gasteiger partial charge on any atom is 0.247 e. The van der Waals surface area contributed by atoms with E-state index in [1.807, 2.05) is 0 Å². The number of aliphatic imine (C=N–C) groups is 1. The van der Waals surface area contributed by atoms with Crippen molar-refractivity contribution in [3.63, 3.8) is 0 Å². The van der Waals surface area contributed by atoms with Gasteiger partial charge in [-0.15, -0.1) is 0 Å². The quantitative estimate of drug-likeness (QED) is 0.516. The third kappa shape index (κ3) is 4.27. The van der Waals surface area contributed by atoms with Gasteiger partial charge >= 0.3 is 0 Å². The van der Waals surface area contributed by atoms with Crippen molar-refractivity contribution in [1.82, 2.24) is 15.5 Å². The first-order valence-electron chi connectivity index (χ1n) is 9.14. The van der Waals surface area contributed by atoms with E-state index in [2.05, 4.69) is 25.7 Å². The molecule has 3 N–H and O–H groups in total. The summed E-state index contributed by atoms with van der Waals surface area (Å²) in [5, 5.41) is 9.29. The van der Waals surface area contributed by atoms with Crippen LogP contribution in [0.4, 0.5) is 8.78 Å². The number of amides is 2. The maximum atomic E-state index is 13.9. The molecule has 3 rings (SSSR count). The minimum absolute atomic E-state index is 0.149. The van der Waals surface area contributed by atoms with Crippen LogP contribution in [0.3, 0.4) is 0 Å². The largest absolute Gasteiger partial charge is 0.349 e. The monoisotopic (exact) mass is 403 g/mol. The fraction of sp³-hybridized carbons (Fsp3) is 0.421. The Kier molecular flexibility index (Phi) is 5.93. The summed E-state index contributed by atoms with van der Waals surface area (Å²) in [6.45, 7) is 3.32. The Bertz CT molecular complexity index is 954. The zero-order chi connectivity index (χ0) is 21.1. The van der Waals surface area contributed by atoms with Gasteiger partial charge in [0, 0.05) is 35.9 Å². The highest BCUT2D eigenvalue weighted by Gasteiger charge is 2.42. The number of carbonyl (C=O) groups excluding carboxylic acids is 2. The molecular formula is C19H21F2N6O2+. The van der Waals surface area contributed by atoms with E-state index in [4.69, 9.17) is 5.53 Å². The van der Waals surface area contributed by atoms with E-state index in [0.717, 1.165) is 12.1 Å². The molecule has 8 nitrogen and oxygen atoms in total. The topological polar surface area (TPSA) is 121 Å². The number of carbonyl (C=O) groups is 2. The highest BCUT2D eigenvalue weighted by atomic mass is 19.1. The average molecular weight is 403 g/mol. The number of benzene rings is 1. The van der Waals surface area contributed by atoms with Gasteiger partial charge in [-0.05, 0) is 19.9 Å². The molecule has 4 atom stereocenters. The standard InChI is InChI=1S/C19H20F2N6O2/c1-9-13(19(29)25-15-5-6-23-18(17(9)15)26-27-22)8-16(28)24-10(2)12-4-3-11(20)7-14(12)21/h3-4,6-7,10,15,17-18,22H,5,8H2,1-2H3,(H-,24,25,28,29)/p+1/t10-,15?,17?,18?/m0/s1. The van der Waals surface area contributed by atoms with Crippen molar-refractivity contribution in [1.29, 1.82) is 5.53 Å². The smallest absolute Gasteiger partial charge is 0.247 e. The lowest BCUT2D eigenvalue weighted by Gasteiger charge is -2.36. The first-order valence-corrected chi connectivity index (χ1v) is 9.14. The van der Waals surface area contributed by atoms with Crippen LogP contribution in [0.5, 0.6) is 0 Å². The van der Waals surface area contributed by atoms with Crippen molar-refractivity contribution in [2.45, 2.75) is 44.9 Å². The van der Waals surface area contributed by atoms with Gasteiger partial charge in [-0.3, -0.25) is 14.6 Å². The predicted octanol–water partition coefficient (Wildman–Crippen LogP) is 2.31. The van der Waals surface area contributed by atoms with Crippen LogP contribution >= 0.6 is 0 Å². The Morgan fingerprint density at radius 3 is 2.93 bits per heavy atom. The van der Waals surface area contributed by atoms with E-state index in [1.165, 1.54) is 6.07 Å². The second kappa shape index (κ2) is 8.40. The zero-order valence-electron chi connectivity index (χ0n) is 15.9. The second-order valence-electron chi connectivity index (χ2n) is 7.10. The fourth-order valence-corrected chi connectivity index (χ4v) is 3.80. The van der Waals surface area contributed by atoms with Crippen LogP contribution in [0.15, 0.2) is 39.5 Å². The molecule has 1 aromatic carbocycles. The third-order valence-electron chi connectivity index (χ3n) is 5.26. The Morgan fingerprint density at radius 1 is 1.48 bits per heavy atom. The molecule has 0 aliphatic carbocycles. The van der Waals surface area contributed by atoms with Crippen LogP contribution in [0.2, 0.25) is 0 Å². The number of nitrogens with one attached hydrogen (secondary N) is 3. The van der Waals surface area contributed by atoms with E-state index >= 15 is 0 Å². The van der Waals surface area contributed by atoms with Crippen molar-refractivity contribution >= 4 is 18.0 Å². The van der Waals surface area contributed by atoms with E-state index in [-0.39, 0.29) is 35.4 Å². The summed E-state index contributed by atoms with van der Waals surface area (Å²) >= 11 is 0. The Hall–Kier alpha value is -3.26. The fourth-order valence-electron chi connectivity index (χ4n) is 3.80. The van der Waals surface area contributed by atoms with Crippen molar-refractivity contribution in [2.24, 2.45) is 16.0 Å². The molecule has 0 bridgehead atoms. The molecule has 1 aromatic rings. The summed E-state index contributed by atoms with van der Waals surface area (Å²) in [5.41, 5.74) is 8.07. The normalized spacial score (nSPS) is 24.3. The van der Waals surface area contributed by atoms with Crippen LogP contribution in [0, 0.1) is 23.1 Å². The predicted molar refractivity (Wildman–Crippen MR) is 99.8 cm³/mol. The summed E-state index contributed by atoms with van der Waals surface area (Å²) in [7, 11) is 0. The zero-order valence-corrected chi connectivity index (χ0v) is 15.9. The Labute approximate surface area is 165 Å². The SMILES string of the molecule is CC1=C(CC(=O)N[C@@H](C)c2ccc(F)cc2F)C(=O)NC2CC=NC(N=[N+]=N)C12. The first kappa shape index (κ1) is 20.5. The molecule has 10 heteroatoms. The summed E-state index contributed by atoms with van der Waals surface area (Å²) in [4.78, 5) is 32.3. The van der Waals surface area contributed by atoms with E-state index in [0.29, 0.717) is 12.0 Å². The molecule has 3 unspecified atom stereocenters. The molecule has 0 fully saturated rings. The molecule has 2 aliphatic rings. The maximum absolute atomic E-state index is 13.9. The van der Waals surface area contributed by atoms with E-state index < -0.39 is 29.7 Å². The summed E-state index contributed by atoms with van der Waals surface area (Å²) in [5.74, 6) is -2.57. The molecule has 0 aromatic heterocycles. The van der Waals surface area contributed by atoms with E-state index in [1.54, 1.807) is 20.1 Å². The van der Waals surface area contributed by atoms with Gasteiger partial charge in [0.15, 0.2) is 0 Å². The summed E-state index contributed by atoms with van der Waals surface area (Å²) < 4.78 is 27.0. The first-order chi connectivity index (χ1) is 13.8. The highest BCUT2D eigenvalue weighted by Crippen LogP contribution is 2.33. The molecule has 2 aliphatic heterocycles. The molecule has 2 amide bonds. The van der Waals surface area contributed by atoms with Gasteiger partial charge in [0.05, 0.1) is 18.4 Å². The Balaban J connectivity index is 1.77. The number of fused-ring (bicyclic) bond motifs is 1. The minimum Gasteiger partial charge on any atom is -0.349 e. The molecule has 152 valence electrons. The molecule has 29 heavy (non-hydrogen) atoms. The van der Waals surface area contributed by atoms with Crippen LogP contribution in [-0.2, 0) is 9.59 Å². The van der Waals surface area contributed by atoms with Crippen LogP contribution in [0.1, 0.15) is 38.3 Å². The van der Waals surface area contributed by atoms with Gasteiger partial charge in [-0.25, -0.2) is 8.78 Å². The van der Waals surface area contributed by atoms with Gasteiger partial charge in [-0.2, -0.15) is 0 Å². The minimum atomic E-state index is -0.755. The molecule has 0 saturated heterocycles. The number of hydrogen-bond donors (Lipinski definition) is 3. The van der Waals surface area contributed by atoms with Gasteiger partial charge in [0.25, 0.3) is 0 Å². The lowest BCUT2D eigenvalue weighted by molar-refractivity contribution is -0.124. The Morgan fingerprint density at radius 2 is 2.24 bits per heavy atom. The number of rotatable bonds is 5. The van der Waals surface area contributed by atoms with Crippen molar-refractivity contribution in [3.8, 4) is 0 Å². The number of halogens is 2. The molecular weight excluding hydrogens is 382 g/mol. The van der Waals surface area contributed by atoms with Crippen LogP contribution in [0.25, 0.3) is 0 Å². The van der Waals surface area contributed by atoms with Gasteiger partial charge in [0.2, 0.25) is 22.9 Å². The molecule has 0 spiro atoms. The molecule has 0 radical (unpaired) electrons. The number of hydrogen-bond acceptors (Lipinski definition) is 5. The summed E-state index contributed by atoms with van der Waals surface area (Å²) in [6, 6.07) is 2.22. The second-order valence-corrected chi connectivity index (χ2v) is 7.10. The summed E-state index contributed by atoms with van der Waals surface area (Å²) in [6.07, 6.45) is 1.34. The van der Waals surface area contributed by atoms with E-state index in [9.17, 15) is 18.4 Å². The molecule has 2 heterocycles. The highest BCUT2D eigenvalue weighted by molar-refractivity contribution is 6.00. The van der Waals surface area contributed by atoms with Crippen LogP contribution < -0.4 is 15.5 Å². The van der Waals surface area contributed by atoms with Crippen molar-refractivity contribution in [2.75, 3.05) is 0 Å². The van der Waals surface area contributed by atoms with Crippen LogP contribution in [-0.4, -0.2) is 30.2 Å². The third-order valence-corrected chi connectivity index (χ3v) is 5.26. The lowest BCUT2D eigenvalue weighted by Crippen LogP contribution is -2.51. The van der Waals surface area contributed by atoms with Gasteiger partial charge in [-0.1, -0.05) is 11.6 Å². The average Bonchev–Trinajstić information content (AvgIpc) is 2.65. The number of nitrogens with zero attached hydrogens (tertiary/aromatic N) is 3.